The van der Waals surface area contributed by atoms with Gasteiger partial charge in [-0.3, -0.25) is 0 Å². The minimum atomic E-state index is -0.346. The largest absolute Gasteiger partial charge is 0.310 e. The van der Waals surface area contributed by atoms with Crippen LogP contribution in [0.25, 0.3) is 138 Å². The molecule has 0 radical (unpaired) electrons. The van der Waals surface area contributed by atoms with Crippen LogP contribution in [0.1, 0.15) is 79.0 Å². The van der Waals surface area contributed by atoms with Gasteiger partial charge >= 0.3 is 0 Å². The molecule has 0 spiro atoms. The second-order valence-electron chi connectivity index (χ2n) is 33.2. The number of nitrogens with zero attached hydrogens (tertiary/aromatic N) is 3. The molecule has 0 bridgehead atoms. The van der Waals surface area contributed by atoms with Crippen molar-refractivity contribution < 1.29 is 0 Å². The van der Waals surface area contributed by atoms with Crippen molar-refractivity contribution >= 4 is 111 Å². The lowest BCUT2D eigenvalue weighted by atomic mass is 9.33. The summed E-state index contributed by atoms with van der Waals surface area (Å²) in [6.07, 6.45) is 0. The molecule has 108 heavy (non-hydrogen) atoms. The second-order valence-corrected chi connectivity index (χ2v) is 33.2. The summed E-state index contributed by atoms with van der Waals surface area (Å²) in [5.41, 5.74) is 33.5. The number of rotatable bonds is 10. The second kappa shape index (κ2) is 24.5. The minimum Gasteiger partial charge on any atom is -0.310 e. The Kier molecular flexibility index (Phi) is 14.8. The van der Waals surface area contributed by atoms with Gasteiger partial charge in [0.25, 0.3) is 6.71 Å². The van der Waals surface area contributed by atoms with Crippen LogP contribution in [0, 0.1) is 0 Å². The fourth-order valence-corrected chi connectivity index (χ4v) is 18.0. The van der Waals surface area contributed by atoms with Crippen LogP contribution in [0.15, 0.2) is 334 Å². The highest BCUT2D eigenvalue weighted by atomic mass is 15.2. The summed E-state index contributed by atoms with van der Waals surface area (Å²) in [5, 5.41) is 10.4. The Bertz CT molecular complexity index is 6320. The van der Waals surface area contributed by atoms with Gasteiger partial charge in [-0.2, -0.15) is 0 Å². The van der Waals surface area contributed by atoms with Crippen molar-refractivity contribution in [1.29, 1.82) is 0 Å². The number of aromatic nitrogens is 1. The zero-order valence-electron chi connectivity index (χ0n) is 62.7. The van der Waals surface area contributed by atoms with E-state index in [1.165, 1.54) is 104 Å². The van der Waals surface area contributed by atoms with Crippen molar-refractivity contribution in [1.82, 2.24) is 4.57 Å². The van der Waals surface area contributed by atoms with E-state index in [1.54, 1.807) is 0 Å². The molecule has 3 heterocycles. The zero-order valence-corrected chi connectivity index (χ0v) is 62.7. The minimum absolute atomic E-state index is 0.105. The van der Waals surface area contributed by atoms with Crippen LogP contribution in [-0.4, -0.2) is 11.3 Å². The van der Waals surface area contributed by atoms with Gasteiger partial charge in [-0.15, -0.1) is 0 Å². The van der Waals surface area contributed by atoms with Crippen LogP contribution >= 0.6 is 0 Å². The van der Waals surface area contributed by atoms with Gasteiger partial charge in [0.05, 0.1) is 22.4 Å². The summed E-state index contributed by atoms with van der Waals surface area (Å²) in [6.45, 7) is 21.1. The van der Waals surface area contributed by atoms with Gasteiger partial charge in [-0.25, -0.2) is 0 Å². The summed E-state index contributed by atoms with van der Waals surface area (Å²) in [6, 6.07) is 128. The molecule has 0 amide bonds. The quantitative estimate of drug-likeness (QED) is 0.0768. The number of fused-ring (bicyclic) bond motifs is 5. The van der Waals surface area contributed by atoms with Crippen LogP contribution in [0.4, 0.5) is 34.1 Å². The SMILES string of the molecule is CC(C)(C)c1cc(-c2ccc3c(c2)N(c2c(-c4ccccc4)cc(-c4ccccc4)cc2-c2ccccc2)c2cc(C(C)(C)C)cc4c2B3c2ccc(-n3c5ccc6cccc7c8cccc9ccc3c(c98)c5c67)cc2N4c2c(-c3ccccc3)cc(-c3ccccc3)cc2-c2ccccc2)cc(C(C)(C)C)c1. The van der Waals surface area contributed by atoms with Gasteiger partial charge < -0.3 is 14.4 Å². The smallest absolute Gasteiger partial charge is 0.252 e. The molecule has 20 rings (SSSR count). The summed E-state index contributed by atoms with van der Waals surface area (Å²) in [5.74, 6) is 0. The Morgan fingerprint density at radius 3 is 0.981 bits per heavy atom. The standard InChI is InChI=1S/C104H82BN3/c1-102(2,3)77-54-74(55-78(61-77)103(4,5)6)73-46-50-87-91(60-73)107(100-83(67-34-20-12-21-35-67)56-75(65-30-16-10-17-31-65)57-84(100)68-36-22-13-23-37-68)93-62-79(104(7,8)9)63-94-99(93)105(87)88-51-49-80(106-89-52-47-71-42-28-44-81-82-45-29-43-72-48-53-90(106)98(96(72)82)97(89)95(71)81)64-92(88)108(94)101-85(69-38-24-14-25-39-69)58-76(66-32-18-11-19-33-66)59-86(101)70-40-26-15-27-41-70/h10-64H,1-9H3. The van der Waals surface area contributed by atoms with E-state index >= 15 is 0 Å². The highest BCUT2D eigenvalue weighted by Gasteiger charge is 2.47. The van der Waals surface area contributed by atoms with E-state index in [0.29, 0.717) is 0 Å². The zero-order chi connectivity index (χ0) is 73.1. The van der Waals surface area contributed by atoms with Crippen LogP contribution in [0.3, 0.4) is 0 Å². The summed E-state index contributed by atoms with van der Waals surface area (Å²) in [7, 11) is 0. The van der Waals surface area contributed by atoms with Crippen molar-refractivity contribution in [3.05, 3.63) is 350 Å². The van der Waals surface area contributed by atoms with Crippen molar-refractivity contribution in [3.8, 4) is 83.6 Å². The Labute approximate surface area is 634 Å². The van der Waals surface area contributed by atoms with Crippen molar-refractivity contribution in [2.75, 3.05) is 9.80 Å². The highest BCUT2D eigenvalue weighted by molar-refractivity contribution is 7.00. The van der Waals surface area contributed by atoms with Gasteiger partial charge in [-0.1, -0.05) is 329 Å². The molecule has 0 fully saturated rings. The van der Waals surface area contributed by atoms with Gasteiger partial charge in [0, 0.05) is 61.5 Å². The molecule has 4 heteroatoms. The topological polar surface area (TPSA) is 11.4 Å². The summed E-state index contributed by atoms with van der Waals surface area (Å²) < 4.78 is 2.60. The number of anilines is 6. The molecule has 18 aromatic rings. The first-order valence-electron chi connectivity index (χ1n) is 38.3. The van der Waals surface area contributed by atoms with E-state index in [2.05, 4.69) is 410 Å². The van der Waals surface area contributed by atoms with Crippen LogP contribution < -0.4 is 26.2 Å². The maximum absolute atomic E-state index is 2.74. The van der Waals surface area contributed by atoms with Gasteiger partial charge in [0.1, 0.15) is 0 Å². The molecule has 3 nitrogen and oxygen atoms in total. The Morgan fingerprint density at radius 1 is 0.241 bits per heavy atom. The first-order chi connectivity index (χ1) is 52.5. The monoisotopic (exact) mass is 1380 g/mol. The molecule has 17 aromatic carbocycles. The van der Waals surface area contributed by atoms with E-state index < -0.39 is 0 Å². The molecule has 1 aromatic heterocycles. The van der Waals surface area contributed by atoms with E-state index in [1.807, 2.05) is 0 Å². The van der Waals surface area contributed by atoms with Gasteiger partial charge in [-0.05, 0) is 204 Å². The average Bonchev–Trinajstić information content (AvgIpc) is 1.33. The van der Waals surface area contributed by atoms with Crippen molar-refractivity contribution in [2.45, 2.75) is 78.6 Å². The summed E-state index contributed by atoms with van der Waals surface area (Å²) in [4.78, 5) is 5.48. The third kappa shape index (κ3) is 10.4. The predicted molar refractivity (Wildman–Crippen MR) is 464 cm³/mol. The van der Waals surface area contributed by atoms with E-state index in [0.717, 1.165) is 101 Å². The fourth-order valence-electron chi connectivity index (χ4n) is 18.0. The number of benzene rings is 17. The molecule has 0 saturated heterocycles. The molecule has 516 valence electrons. The molecule has 2 aliphatic rings. The number of hydrogen-bond acceptors (Lipinski definition) is 2. The molecule has 0 saturated carbocycles. The molecule has 0 aliphatic carbocycles. The van der Waals surface area contributed by atoms with Crippen LogP contribution in [-0.2, 0) is 16.2 Å². The lowest BCUT2D eigenvalue weighted by molar-refractivity contribution is 0.569. The maximum atomic E-state index is 2.74. The molecular formula is C104H82BN3. The molecule has 0 unspecified atom stereocenters. The lowest BCUT2D eigenvalue weighted by Gasteiger charge is -2.46. The van der Waals surface area contributed by atoms with Crippen molar-refractivity contribution in [2.24, 2.45) is 0 Å². The lowest BCUT2D eigenvalue weighted by Crippen LogP contribution is -2.61. The van der Waals surface area contributed by atoms with E-state index in [4.69, 9.17) is 0 Å². The molecule has 2 aliphatic heterocycles. The van der Waals surface area contributed by atoms with Crippen LogP contribution in [0.5, 0.6) is 0 Å². The highest BCUT2D eigenvalue weighted by Crippen LogP contribution is 2.57. The average molecular weight is 1380 g/mol. The third-order valence-electron chi connectivity index (χ3n) is 23.5. The van der Waals surface area contributed by atoms with E-state index in [-0.39, 0.29) is 23.0 Å². The molecular weight excluding hydrogens is 1300 g/mol. The van der Waals surface area contributed by atoms with Gasteiger partial charge in [0.2, 0.25) is 0 Å². The normalized spacial score (nSPS) is 13.0. The molecule has 0 atom stereocenters. The van der Waals surface area contributed by atoms with E-state index in [9.17, 15) is 0 Å². The number of hydrogen-bond donors (Lipinski definition) is 0. The first-order valence-corrected chi connectivity index (χ1v) is 38.3. The Hall–Kier alpha value is -12.5. The van der Waals surface area contributed by atoms with Gasteiger partial charge in [0.15, 0.2) is 0 Å². The third-order valence-corrected chi connectivity index (χ3v) is 23.5. The Morgan fingerprint density at radius 2 is 0.593 bits per heavy atom. The molecule has 0 N–H and O–H groups in total. The fraction of sp³-hybridized carbons (Fsp3) is 0.115. The van der Waals surface area contributed by atoms with Crippen LogP contribution in [0.2, 0.25) is 0 Å². The summed E-state index contributed by atoms with van der Waals surface area (Å²) >= 11 is 0. The predicted octanol–water partition coefficient (Wildman–Crippen LogP) is 26.8. The maximum Gasteiger partial charge on any atom is 0.252 e. The Balaban J connectivity index is 0.966. The first kappa shape index (κ1) is 65.1. The van der Waals surface area contributed by atoms with Crippen molar-refractivity contribution in [3.63, 3.8) is 0 Å².